The van der Waals surface area contributed by atoms with Gasteiger partial charge in [-0.05, 0) is 108 Å². The van der Waals surface area contributed by atoms with Gasteiger partial charge in [0, 0.05) is 11.3 Å². The first-order chi connectivity index (χ1) is 21.2. The van der Waals surface area contributed by atoms with Crippen LogP contribution in [0.3, 0.4) is 0 Å². The lowest BCUT2D eigenvalue weighted by Gasteiger charge is -2.22. The molecule has 4 aromatic carbocycles. The van der Waals surface area contributed by atoms with Crippen molar-refractivity contribution in [2.75, 3.05) is 0 Å². The highest BCUT2D eigenvalue weighted by atomic mass is 15.1. The minimum atomic E-state index is 0.958. The molecule has 0 unspecified atom stereocenters. The van der Waals surface area contributed by atoms with Crippen molar-refractivity contribution in [1.82, 2.24) is 9.55 Å². The maximum absolute atomic E-state index is 5.11. The first-order valence-corrected chi connectivity index (χ1v) is 15.7. The van der Waals surface area contributed by atoms with Gasteiger partial charge in [-0.1, -0.05) is 110 Å². The number of hydrogen-bond donors (Lipinski definition) is 0. The normalized spacial score (nSPS) is 16.1. The first-order valence-electron chi connectivity index (χ1n) is 15.7. The zero-order valence-corrected chi connectivity index (χ0v) is 25.4. The van der Waals surface area contributed by atoms with Crippen LogP contribution in [0.5, 0.6) is 0 Å². The van der Waals surface area contributed by atoms with Crippen LogP contribution in [-0.2, 0) is 0 Å². The summed E-state index contributed by atoms with van der Waals surface area (Å²) in [5.41, 5.74) is 11.4. The van der Waals surface area contributed by atoms with Crippen molar-refractivity contribution < 1.29 is 0 Å². The van der Waals surface area contributed by atoms with Gasteiger partial charge >= 0.3 is 0 Å². The van der Waals surface area contributed by atoms with E-state index in [4.69, 9.17) is 4.98 Å². The standard InChI is InChI=1S/C41H38N2/c1-4-14-34-33(5-2)39(36-27-28(3)21-26-35(36)40(34)29-15-8-6-9-16-29)30-22-24-32(25-23-30)43-38-20-13-12-19-37(38)42-41(43)31-17-10-7-11-18-31/h5-6,8-10,12-22,24,26-27H,4,7,11,23,25H2,1-3H3/b33-5+,34-14+. The van der Waals surface area contributed by atoms with Gasteiger partial charge in [-0.3, -0.25) is 4.57 Å². The number of fused-ring (bicyclic) bond motifs is 2. The monoisotopic (exact) mass is 558 g/mol. The van der Waals surface area contributed by atoms with Crippen molar-refractivity contribution in [3.05, 3.63) is 131 Å². The number of allylic oxidation sites excluding steroid dienone is 8. The van der Waals surface area contributed by atoms with E-state index in [1.165, 1.54) is 65.8 Å². The van der Waals surface area contributed by atoms with Gasteiger partial charge in [0.1, 0.15) is 5.82 Å². The molecule has 0 N–H and O–H groups in total. The van der Waals surface area contributed by atoms with Crippen LogP contribution >= 0.6 is 0 Å². The van der Waals surface area contributed by atoms with Gasteiger partial charge in [0.25, 0.3) is 0 Å². The van der Waals surface area contributed by atoms with E-state index in [9.17, 15) is 0 Å². The van der Waals surface area contributed by atoms with E-state index in [0.29, 0.717) is 0 Å². The van der Waals surface area contributed by atoms with Crippen molar-refractivity contribution in [2.24, 2.45) is 0 Å². The predicted octanol–water partition coefficient (Wildman–Crippen LogP) is 9.61. The Morgan fingerprint density at radius 2 is 1.67 bits per heavy atom. The highest BCUT2D eigenvalue weighted by Gasteiger charge is 2.21. The summed E-state index contributed by atoms with van der Waals surface area (Å²) in [6, 6.07) is 26.4. The summed E-state index contributed by atoms with van der Waals surface area (Å²) in [4.78, 5) is 5.11. The van der Waals surface area contributed by atoms with E-state index in [-0.39, 0.29) is 0 Å². The molecule has 0 spiro atoms. The van der Waals surface area contributed by atoms with E-state index >= 15 is 0 Å². The van der Waals surface area contributed by atoms with Crippen molar-refractivity contribution in [2.45, 2.75) is 52.9 Å². The van der Waals surface area contributed by atoms with Crippen LogP contribution in [-0.4, -0.2) is 9.55 Å². The summed E-state index contributed by atoms with van der Waals surface area (Å²) in [6.07, 6.45) is 21.4. The Bertz CT molecular complexity index is 2110. The van der Waals surface area contributed by atoms with Crippen LogP contribution in [0.4, 0.5) is 0 Å². The number of imidazole rings is 1. The second-order valence-electron chi connectivity index (χ2n) is 11.6. The largest absolute Gasteiger partial charge is 0.296 e. The Kier molecular flexibility index (Phi) is 7.28. The fourth-order valence-corrected chi connectivity index (χ4v) is 6.93. The highest BCUT2D eigenvalue weighted by molar-refractivity contribution is 6.04. The smallest absolute Gasteiger partial charge is 0.145 e. The quantitative estimate of drug-likeness (QED) is 0.210. The van der Waals surface area contributed by atoms with Gasteiger partial charge in [-0.25, -0.2) is 4.98 Å². The van der Waals surface area contributed by atoms with Crippen molar-refractivity contribution >= 4 is 50.8 Å². The molecule has 5 aromatic rings. The molecule has 1 heterocycles. The van der Waals surface area contributed by atoms with E-state index < -0.39 is 0 Å². The number of aryl methyl sites for hydroxylation is 1. The second kappa shape index (κ2) is 11.5. The van der Waals surface area contributed by atoms with E-state index in [0.717, 1.165) is 43.4 Å². The molecule has 0 saturated heterocycles. The SMILES string of the molecule is C/C=c1/c(C2=CC=C(n3c(C4=CCCC=C4)nc4ccccc43)CC2)c2cc(C)ccc2c(-c2ccccc2)/c1=C/CC. The minimum absolute atomic E-state index is 0.958. The summed E-state index contributed by atoms with van der Waals surface area (Å²) in [7, 11) is 0. The molecule has 2 heteroatoms. The Morgan fingerprint density at radius 3 is 2.42 bits per heavy atom. The van der Waals surface area contributed by atoms with E-state index in [1.807, 2.05) is 0 Å². The molecule has 7 rings (SSSR count). The molecule has 2 aliphatic carbocycles. The van der Waals surface area contributed by atoms with Gasteiger partial charge in [-0.2, -0.15) is 0 Å². The lowest BCUT2D eigenvalue weighted by atomic mass is 9.84. The van der Waals surface area contributed by atoms with Crippen LogP contribution in [0.1, 0.15) is 62.9 Å². The molecular weight excluding hydrogens is 520 g/mol. The molecule has 0 fully saturated rings. The Hall–Kier alpha value is -4.69. The van der Waals surface area contributed by atoms with Crippen LogP contribution in [0, 0.1) is 6.92 Å². The molecular formula is C41H38N2. The Labute approximate surface area is 254 Å². The third-order valence-corrected chi connectivity index (χ3v) is 8.85. The number of hydrogen-bond acceptors (Lipinski definition) is 1. The summed E-state index contributed by atoms with van der Waals surface area (Å²) in [5, 5.41) is 5.35. The Balaban J connectivity index is 1.46. The summed E-state index contributed by atoms with van der Waals surface area (Å²) in [5.74, 6) is 1.05. The van der Waals surface area contributed by atoms with Gasteiger partial charge in [-0.15, -0.1) is 0 Å². The minimum Gasteiger partial charge on any atom is -0.296 e. The van der Waals surface area contributed by atoms with Crippen molar-refractivity contribution in [1.29, 1.82) is 0 Å². The molecule has 0 aliphatic heterocycles. The molecule has 2 aliphatic rings. The summed E-state index contributed by atoms with van der Waals surface area (Å²) >= 11 is 0. The van der Waals surface area contributed by atoms with Gasteiger partial charge in [0.05, 0.1) is 11.0 Å². The fraction of sp³-hybridized carbons (Fsp3) is 0.195. The summed E-state index contributed by atoms with van der Waals surface area (Å²) in [6.45, 7) is 6.65. The zero-order valence-electron chi connectivity index (χ0n) is 25.4. The van der Waals surface area contributed by atoms with Crippen LogP contribution in [0.15, 0.2) is 103 Å². The number of rotatable bonds is 5. The molecule has 212 valence electrons. The molecule has 0 saturated carbocycles. The predicted molar refractivity (Wildman–Crippen MR) is 186 cm³/mol. The molecule has 43 heavy (non-hydrogen) atoms. The van der Waals surface area contributed by atoms with E-state index in [1.54, 1.807) is 0 Å². The number of benzene rings is 4. The first kappa shape index (κ1) is 27.2. The molecule has 0 bridgehead atoms. The third kappa shape index (κ3) is 4.81. The average molecular weight is 559 g/mol. The molecule has 0 amide bonds. The Morgan fingerprint density at radius 1 is 0.837 bits per heavy atom. The number of para-hydroxylation sites is 2. The van der Waals surface area contributed by atoms with Gasteiger partial charge < -0.3 is 0 Å². The molecule has 0 atom stereocenters. The maximum Gasteiger partial charge on any atom is 0.145 e. The second-order valence-corrected chi connectivity index (χ2v) is 11.6. The van der Waals surface area contributed by atoms with Crippen molar-refractivity contribution in [3.8, 4) is 11.1 Å². The van der Waals surface area contributed by atoms with E-state index in [2.05, 4.69) is 141 Å². The van der Waals surface area contributed by atoms with Crippen LogP contribution < -0.4 is 10.4 Å². The fourth-order valence-electron chi connectivity index (χ4n) is 6.93. The lowest BCUT2D eigenvalue weighted by molar-refractivity contribution is 0.947. The zero-order chi connectivity index (χ0) is 29.3. The van der Waals surface area contributed by atoms with Gasteiger partial charge in [0.15, 0.2) is 0 Å². The summed E-state index contributed by atoms with van der Waals surface area (Å²) < 4.78 is 2.40. The van der Waals surface area contributed by atoms with Crippen LogP contribution in [0.25, 0.3) is 61.9 Å². The maximum atomic E-state index is 5.11. The molecule has 2 nitrogen and oxygen atoms in total. The average Bonchev–Trinajstić information content (AvgIpc) is 3.45. The van der Waals surface area contributed by atoms with Gasteiger partial charge in [0.2, 0.25) is 0 Å². The molecule has 1 aromatic heterocycles. The molecule has 0 radical (unpaired) electrons. The van der Waals surface area contributed by atoms with Crippen molar-refractivity contribution in [3.63, 3.8) is 0 Å². The van der Waals surface area contributed by atoms with Crippen LogP contribution in [0.2, 0.25) is 0 Å². The third-order valence-electron chi connectivity index (χ3n) is 8.85. The topological polar surface area (TPSA) is 17.8 Å². The number of aromatic nitrogens is 2. The number of nitrogens with zero attached hydrogens (tertiary/aromatic N) is 2. The highest BCUT2D eigenvalue weighted by Crippen LogP contribution is 2.37. The lowest BCUT2D eigenvalue weighted by Crippen LogP contribution is -2.31.